The summed E-state index contributed by atoms with van der Waals surface area (Å²) < 4.78 is 40.6. The number of rotatable bonds is 2. The van der Waals surface area contributed by atoms with Crippen LogP contribution >= 0.6 is 15.9 Å². The predicted molar refractivity (Wildman–Crippen MR) is 78.6 cm³/mol. The van der Waals surface area contributed by atoms with Crippen molar-refractivity contribution >= 4 is 26.7 Å². The summed E-state index contributed by atoms with van der Waals surface area (Å²) in [5.41, 5.74) is 1.10. The fraction of sp³-hybridized carbons (Fsp3) is 0.0625. The van der Waals surface area contributed by atoms with Gasteiger partial charge in [-0.1, -0.05) is 6.07 Å². The highest BCUT2D eigenvalue weighted by Crippen LogP contribution is 2.25. The summed E-state index contributed by atoms with van der Waals surface area (Å²) >= 11 is 3.12. The Bertz CT molecular complexity index is 813. The number of aromatic nitrogens is 1. The third kappa shape index (κ3) is 2.93. The third-order valence-corrected chi connectivity index (χ3v) is 3.77. The van der Waals surface area contributed by atoms with E-state index in [1.54, 1.807) is 18.2 Å². The summed E-state index contributed by atoms with van der Waals surface area (Å²) in [6.45, 7) is 0. The number of hydrogen-bond acceptors (Lipinski definition) is 1. The zero-order chi connectivity index (χ0) is 15.0. The van der Waals surface area contributed by atoms with E-state index in [9.17, 15) is 13.2 Å². The molecule has 3 rings (SSSR count). The Kier molecular flexibility index (Phi) is 3.68. The van der Waals surface area contributed by atoms with Crippen LogP contribution in [-0.2, 0) is 6.42 Å². The molecule has 5 heteroatoms. The zero-order valence-corrected chi connectivity index (χ0v) is 12.3. The Morgan fingerprint density at radius 1 is 0.952 bits per heavy atom. The summed E-state index contributed by atoms with van der Waals surface area (Å²) in [6.07, 6.45) is 1.71. The second-order valence-corrected chi connectivity index (χ2v) is 5.57. The maximum absolute atomic E-state index is 13.9. The second kappa shape index (κ2) is 5.48. The first-order chi connectivity index (χ1) is 10.0. The summed E-state index contributed by atoms with van der Waals surface area (Å²) in [5, 5.41) is 1.09. The van der Waals surface area contributed by atoms with Gasteiger partial charge >= 0.3 is 0 Å². The quantitative estimate of drug-likeness (QED) is 0.632. The van der Waals surface area contributed by atoms with Crippen molar-refractivity contribution in [1.29, 1.82) is 0 Å². The fourth-order valence-corrected chi connectivity index (χ4v) is 2.57. The van der Waals surface area contributed by atoms with Gasteiger partial charge in [-0.15, -0.1) is 0 Å². The van der Waals surface area contributed by atoms with Gasteiger partial charge in [0.2, 0.25) is 0 Å². The van der Waals surface area contributed by atoms with Crippen LogP contribution in [0.4, 0.5) is 13.2 Å². The minimum absolute atomic E-state index is 0.280. The van der Waals surface area contributed by atoms with Crippen molar-refractivity contribution in [1.82, 2.24) is 4.98 Å². The molecule has 0 bridgehead atoms. The van der Waals surface area contributed by atoms with Crippen molar-refractivity contribution in [2.45, 2.75) is 6.42 Å². The smallest absolute Gasteiger partial charge is 0.146 e. The first-order valence-electron chi connectivity index (χ1n) is 6.20. The van der Waals surface area contributed by atoms with Gasteiger partial charge in [0.25, 0.3) is 0 Å². The normalized spacial score (nSPS) is 11.0. The molecule has 0 aliphatic rings. The molecule has 0 saturated heterocycles. The molecular weight excluding hydrogens is 343 g/mol. The van der Waals surface area contributed by atoms with Gasteiger partial charge in [-0.25, -0.2) is 13.2 Å². The SMILES string of the molecule is Fc1cc(F)cc(Cc2cc3ccc(Br)c(F)c3cn2)c1. The van der Waals surface area contributed by atoms with Gasteiger partial charge in [0.05, 0.1) is 4.47 Å². The first-order valence-corrected chi connectivity index (χ1v) is 7.00. The molecule has 0 fully saturated rings. The van der Waals surface area contributed by atoms with Crippen LogP contribution in [-0.4, -0.2) is 4.98 Å². The van der Waals surface area contributed by atoms with Crippen LogP contribution in [0.1, 0.15) is 11.3 Å². The molecule has 21 heavy (non-hydrogen) atoms. The number of halogens is 4. The Labute approximate surface area is 127 Å². The topological polar surface area (TPSA) is 12.9 Å². The Balaban J connectivity index is 2.00. The summed E-state index contributed by atoms with van der Waals surface area (Å²) in [7, 11) is 0. The maximum atomic E-state index is 13.9. The van der Waals surface area contributed by atoms with Gasteiger partial charge < -0.3 is 0 Å². The van der Waals surface area contributed by atoms with Crippen LogP contribution in [0.2, 0.25) is 0 Å². The van der Waals surface area contributed by atoms with Crippen LogP contribution in [0.15, 0.2) is 47.1 Å². The van der Waals surface area contributed by atoms with Gasteiger partial charge in [-0.3, -0.25) is 4.98 Å². The minimum atomic E-state index is -0.624. The molecule has 106 valence electrons. The Morgan fingerprint density at radius 2 is 1.67 bits per heavy atom. The lowest BCUT2D eigenvalue weighted by Crippen LogP contribution is -1.95. The molecule has 0 atom stereocenters. The van der Waals surface area contributed by atoms with Crippen LogP contribution < -0.4 is 0 Å². The van der Waals surface area contributed by atoms with Crippen molar-refractivity contribution < 1.29 is 13.2 Å². The predicted octanol–water partition coefficient (Wildman–Crippen LogP) is 5.01. The van der Waals surface area contributed by atoms with E-state index in [1.165, 1.54) is 18.3 Å². The molecule has 0 amide bonds. The molecule has 0 N–H and O–H groups in total. The molecular formula is C16H9BrF3N. The van der Waals surface area contributed by atoms with Crippen molar-refractivity contribution in [3.8, 4) is 0 Å². The van der Waals surface area contributed by atoms with Gasteiger partial charge in [0, 0.05) is 29.8 Å². The van der Waals surface area contributed by atoms with E-state index >= 15 is 0 Å². The fourth-order valence-electron chi connectivity index (χ4n) is 2.22. The number of benzene rings is 2. The largest absolute Gasteiger partial charge is 0.260 e. The number of nitrogens with zero attached hydrogens (tertiary/aromatic N) is 1. The zero-order valence-electron chi connectivity index (χ0n) is 10.7. The Hall–Kier alpha value is -1.88. The standard InChI is InChI=1S/C16H9BrF3N/c17-15-2-1-10-6-13(21-8-14(10)16(15)20)5-9-3-11(18)7-12(19)4-9/h1-4,6-8H,5H2. The molecule has 1 nitrogen and oxygen atoms in total. The van der Waals surface area contributed by atoms with E-state index in [0.717, 1.165) is 6.07 Å². The van der Waals surface area contributed by atoms with E-state index in [4.69, 9.17) is 0 Å². The highest BCUT2D eigenvalue weighted by atomic mass is 79.9. The molecule has 1 aromatic heterocycles. The van der Waals surface area contributed by atoms with E-state index in [1.807, 2.05) is 0 Å². The van der Waals surface area contributed by atoms with E-state index in [2.05, 4.69) is 20.9 Å². The van der Waals surface area contributed by atoms with Crippen molar-refractivity contribution in [2.24, 2.45) is 0 Å². The summed E-state index contributed by atoms with van der Waals surface area (Å²) in [4.78, 5) is 4.16. The van der Waals surface area contributed by atoms with E-state index < -0.39 is 11.6 Å². The average Bonchev–Trinajstić information content (AvgIpc) is 2.42. The summed E-state index contributed by atoms with van der Waals surface area (Å²) in [6, 6.07) is 8.44. The van der Waals surface area contributed by atoms with Crippen molar-refractivity contribution in [3.63, 3.8) is 0 Å². The monoisotopic (exact) mass is 351 g/mol. The maximum Gasteiger partial charge on any atom is 0.146 e. The van der Waals surface area contributed by atoms with Crippen LogP contribution in [0.5, 0.6) is 0 Å². The molecule has 1 heterocycles. The van der Waals surface area contributed by atoms with Crippen LogP contribution in [0.25, 0.3) is 10.8 Å². The molecule has 0 aliphatic carbocycles. The lowest BCUT2D eigenvalue weighted by molar-refractivity contribution is 0.580. The second-order valence-electron chi connectivity index (χ2n) is 4.71. The molecule has 3 aromatic rings. The molecule has 0 aliphatic heterocycles. The van der Waals surface area contributed by atoms with Gasteiger partial charge in [0.1, 0.15) is 17.5 Å². The lowest BCUT2D eigenvalue weighted by Gasteiger charge is -2.06. The molecule has 0 saturated carbocycles. The van der Waals surface area contributed by atoms with Crippen molar-refractivity contribution in [3.05, 3.63) is 75.8 Å². The van der Waals surface area contributed by atoms with Crippen LogP contribution in [0, 0.1) is 17.5 Å². The van der Waals surface area contributed by atoms with E-state index in [0.29, 0.717) is 26.5 Å². The van der Waals surface area contributed by atoms with Gasteiger partial charge in [-0.05, 0) is 51.1 Å². The number of pyridine rings is 1. The third-order valence-electron chi connectivity index (χ3n) is 3.16. The lowest BCUT2D eigenvalue weighted by atomic mass is 10.1. The Morgan fingerprint density at radius 3 is 2.38 bits per heavy atom. The molecule has 0 spiro atoms. The van der Waals surface area contributed by atoms with Crippen molar-refractivity contribution in [2.75, 3.05) is 0 Å². The molecule has 0 radical (unpaired) electrons. The van der Waals surface area contributed by atoms with Gasteiger partial charge in [-0.2, -0.15) is 0 Å². The number of fused-ring (bicyclic) bond motifs is 1. The molecule has 2 aromatic carbocycles. The van der Waals surface area contributed by atoms with Gasteiger partial charge in [0.15, 0.2) is 0 Å². The minimum Gasteiger partial charge on any atom is -0.260 e. The molecule has 0 unspecified atom stereocenters. The highest BCUT2D eigenvalue weighted by Gasteiger charge is 2.08. The highest BCUT2D eigenvalue weighted by molar-refractivity contribution is 9.10. The number of hydrogen-bond donors (Lipinski definition) is 0. The summed E-state index contributed by atoms with van der Waals surface area (Å²) in [5.74, 6) is -1.62. The average molecular weight is 352 g/mol. The van der Waals surface area contributed by atoms with E-state index in [-0.39, 0.29) is 12.2 Å². The first kappa shape index (κ1) is 14.1. The van der Waals surface area contributed by atoms with Crippen LogP contribution in [0.3, 0.4) is 0 Å².